The number of aryl methyl sites for hydroxylation is 1. The molecule has 0 N–H and O–H groups in total. The Kier molecular flexibility index (Phi) is 7.91. The maximum atomic E-state index is 12.7. The highest BCUT2D eigenvalue weighted by Gasteiger charge is 2.28. The highest BCUT2D eigenvalue weighted by Crippen LogP contribution is 2.31. The van der Waals surface area contributed by atoms with Gasteiger partial charge in [-0.1, -0.05) is 32.1 Å². The van der Waals surface area contributed by atoms with Crippen molar-refractivity contribution in [3.8, 4) is 11.4 Å². The van der Waals surface area contributed by atoms with Gasteiger partial charge >= 0.3 is 6.18 Å². The number of benzene rings is 1. The number of aromatic nitrogens is 2. The number of rotatable bonds is 10. The second kappa shape index (κ2) is 9.81. The quantitative estimate of drug-likeness (QED) is 0.455. The van der Waals surface area contributed by atoms with Crippen LogP contribution in [0.3, 0.4) is 0 Å². The molecule has 0 aliphatic heterocycles. The Hall–Kier alpha value is -2.09. The van der Waals surface area contributed by atoms with Crippen molar-refractivity contribution < 1.29 is 21.6 Å². The Morgan fingerprint density at radius 2 is 1.90 bits per heavy atom. The smallest absolute Gasteiger partial charge is 0.331 e. The number of alkyl halides is 3. The van der Waals surface area contributed by atoms with Crippen molar-refractivity contribution in [2.75, 3.05) is 5.75 Å². The van der Waals surface area contributed by atoms with Crippen molar-refractivity contribution in [2.45, 2.75) is 57.0 Å². The molecule has 8 heteroatoms. The van der Waals surface area contributed by atoms with Crippen LogP contribution in [-0.4, -0.2) is 29.9 Å². The van der Waals surface area contributed by atoms with Gasteiger partial charge in [-0.3, -0.25) is 0 Å². The van der Waals surface area contributed by atoms with Crippen LogP contribution in [0.4, 0.5) is 13.2 Å². The summed E-state index contributed by atoms with van der Waals surface area (Å²) in [6, 6.07) is 6.73. The molecule has 1 unspecified atom stereocenters. The Balaban J connectivity index is 2.34. The third kappa shape index (κ3) is 5.97. The van der Waals surface area contributed by atoms with Gasteiger partial charge in [-0.05, 0) is 43.7 Å². The fourth-order valence-corrected chi connectivity index (χ4v) is 4.80. The Morgan fingerprint density at radius 3 is 2.50 bits per heavy atom. The predicted octanol–water partition coefficient (Wildman–Crippen LogP) is 5.52. The van der Waals surface area contributed by atoms with Crippen molar-refractivity contribution in [1.29, 1.82) is 0 Å². The minimum Gasteiger partial charge on any atom is -0.331 e. The van der Waals surface area contributed by atoms with Crippen LogP contribution in [0.25, 0.3) is 11.4 Å². The maximum absolute atomic E-state index is 12.7. The number of sulfone groups is 1. The summed E-state index contributed by atoms with van der Waals surface area (Å²) in [5.74, 6) is 0.307. The lowest BCUT2D eigenvalue weighted by atomic mass is 9.98. The molecule has 1 atom stereocenters. The Morgan fingerprint density at radius 1 is 1.23 bits per heavy atom. The van der Waals surface area contributed by atoms with E-state index in [1.165, 1.54) is 6.08 Å². The van der Waals surface area contributed by atoms with E-state index in [9.17, 15) is 21.6 Å². The summed E-state index contributed by atoms with van der Waals surface area (Å²) in [6.45, 7) is 7.31. The van der Waals surface area contributed by atoms with E-state index in [1.807, 2.05) is 25.5 Å². The molecule has 1 aromatic heterocycles. The molecular weight excluding hydrogens is 413 g/mol. The van der Waals surface area contributed by atoms with Gasteiger partial charge in [-0.15, -0.1) is 6.58 Å². The summed E-state index contributed by atoms with van der Waals surface area (Å²) < 4.78 is 64.6. The fourth-order valence-electron chi connectivity index (χ4n) is 3.53. The van der Waals surface area contributed by atoms with Gasteiger partial charge in [-0.2, -0.15) is 13.2 Å². The number of hydrogen-bond acceptors (Lipinski definition) is 3. The van der Waals surface area contributed by atoms with Crippen LogP contribution in [0.5, 0.6) is 0 Å². The van der Waals surface area contributed by atoms with E-state index in [1.54, 1.807) is 24.3 Å². The number of halogens is 3. The van der Waals surface area contributed by atoms with E-state index in [0.29, 0.717) is 30.7 Å². The van der Waals surface area contributed by atoms with Gasteiger partial charge in [0.2, 0.25) is 0 Å². The molecule has 166 valence electrons. The minimum atomic E-state index is -4.14. The largest absolute Gasteiger partial charge is 0.389 e. The van der Waals surface area contributed by atoms with Gasteiger partial charge in [0.05, 0.1) is 16.3 Å². The first-order valence-electron chi connectivity index (χ1n) is 10.0. The average molecular weight is 443 g/mol. The van der Waals surface area contributed by atoms with Crippen LogP contribution >= 0.6 is 0 Å². The molecule has 0 aliphatic rings. The molecule has 0 amide bonds. The lowest BCUT2D eigenvalue weighted by Crippen LogP contribution is -2.11. The molecule has 0 saturated carbocycles. The molecule has 0 radical (unpaired) electrons. The molecule has 0 bridgehead atoms. The molecule has 0 fully saturated rings. The highest BCUT2D eigenvalue weighted by molar-refractivity contribution is 7.91. The lowest BCUT2D eigenvalue weighted by Gasteiger charge is -2.14. The molecule has 2 aromatic rings. The van der Waals surface area contributed by atoms with Crippen LogP contribution in [-0.2, 0) is 29.7 Å². The highest BCUT2D eigenvalue weighted by atomic mass is 32.2. The average Bonchev–Trinajstić information content (AvgIpc) is 2.99. The molecule has 30 heavy (non-hydrogen) atoms. The second-order valence-electron chi connectivity index (χ2n) is 7.61. The minimum absolute atomic E-state index is 0.0741. The molecule has 0 aliphatic carbocycles. The van der Waals surface area contributed by atoms with Gasteiger partial charge in [0.25, 0.3) is 0 Å². The maximum Gasteiger partial charge on any atom is 0.389 e. The zero-order valence-corrected chi connectivity index (χ0v) is 18.5. The summed E-state index contributed by atoms with van der Waals surface area (Å²) >= 11 is 0. The topological polar surface area (TPSA) is 52.0 Å². The first-order valence-corrected chi connectivity index (χ1v) is 11.7. The third-order valence-electron chi connectivity index (χ3n) is 5.23. The van der Waals surface area contributed by atoms with E-state index in [-0.39, 0.29) is 23.0 Å². The first kappa shape index (κ1) is 24.2. The summed E-state index contributed by atoms with van der Waals surface area (Å²) in [6.07, 6.45) is -1.61. The Bertz CT molecular complexity index is 979. The van der Waals surface area contributed by atoms with Gasteiger partial charge in [0, 0.05) is 24.7 Å². The van der Waals surface area contributed by atoms with Gasteiger partial charge in [0.15, 0.2) is 9.84 Å². The number of nitrogens with zero attached hydrogens (tertiary/aromatic N) is 2. The van der Waals surface area contributed by atoms with Crippen molar-refractivity contribution in [3.05, 3.63) is 48.3 Å². The van der Waals surface area contributed by atoms with Crippen molar-refractivity contribution in [2.24, 2.45) is 13.0 Å². The van der Waals surface area contributed by atoms with E-state index >= 15 is 0 Å². The van der Waals surface area contributed by atoms with Crippen molar-refractivity contribution in [3.63, 3.8) is 0 Å². The van der Waals surface area contributed by atoms with Crippen LogP contribution in [0, 0.1) is 5.92 Å². The number of imidazole rings is 1. The zero-order chi connectivity index (χ0) is 22.5. The molecule has 0 saturated heterocycles. The monoisotopic (exact) mass is 442 g/mol. The fraction of sp³-hybridized carbons (Fsp3) is 0.500. The van der Waals surface area contributed by atoms with Gasteiger partial charge in [-0.25, -0.2) is 13.4 Å². The van der Waals surface area contributed by atoms with E-state index in [0.717, 1.165) is 11.4 Å². The molecule has 1 aromatic carbocycles. The summed E-state index contributed by atoms with van der Waals surface area (Å²) in [4.78, 5) is 4.89. The normalized spacial score (nSPS) is 13.4. The summed E-state index contributed by atoms with van der Waals surface area (Å²) in [5.41, 5.74) is 2.29. The molecule has 2 rings (SSSR count). The predicted molar refractivity (Wildman–Crippen MR) is 113 cm³/mol. The second-order valence-corrected chi connectivity index (χ2v) is 9.61. The van der Waals surface area contributed by atoms with Crippen LogP contribution in [0.2, 0.25) is 0 Å². The van der Waals surface area contributed by atoms with E-state index < -0.39 is 22.4 Å². The SMILES string of the molecule is C=CCS(=O)(=O)c1ccccc1-c1nc(CC)c(CCC(C)CCC(F)(F)F)n1C. The third-order valence-corrected chi connectivity index (χ3v) is 6.93. The standard InChI is InChI=1S/C22H29F3N2O2S/c1-5-15-30(28,29)20-10-8-7-9-17(20)21-26-18(6-2)19(27(21)4)12-11-16(3)13-14-22(23,24)25/h5,7-10,16H,1,6,11-15H2,2-4H3. The lowest BCUT2D eigenvalue weighted by molar-refractivity contribution is -0.137. The summed E-state index contributed by atoms with van der Waals surface area (Å²) in [7, 11) is -1.71. The molecule has 4 nitrogen and oxygen atoms in total. The van der Waals surface area contributed by atoms with Crippen LogP contribution in [0.1, 0.15) is 44.5 Å². The molecular formula is C22H29F3N2O2S. The van der Waals surface area contributed by atoms with Crippen molar-refractivity contribution >= 4 is 9.84 Å². The molecule has 1 heterocycles. The summed E-state index contributed by atoms with van der Waals surface area (Å²) in [5, 5.41) is 0. The van der Waals surface area contributed by atoms with E-state index in [2.05, 4.69) is 11.6 Å². The van der Waals surface area contributed by atoms with E-state index in [4.69, 9.17) is 0 Å². The van der Waals surface area contributed by atoms with Crippen LogP contribution in [0.15, 0.2) is 41.8 Å². The van der Waals surface area contributed by atoms with Gasteiger partial charge < -0.3 is 4.57 Å². The van der Waals surface area contributed by atoms with Crippen molar-refractivity contribution in [1.82, 2.24) is 9.55 Å². The Labute approximate surface area is 176 Å². The number of hydrogen-bond donors (Lipinski definition) is 0. The van der Waals surface area contributed by atoms with Crippen LogP contribution < -0.4 is 0 Å². The molecule has 0 spiro atoms. The zero-order valence-electron chi connectivity index (χ0n) is 17.7. The van der Waals surface area contributed by atoms with Gasteiger partial charge in [0.1, 0.15) is 5.82 Å². The first-order chi connectivity index (χ1) is 14.0.